The number of carbonyl (C=O) groups is 1. The number of nitro groups is 1. The number of hydrogen-bond acceptors (Lipinski definition) is 6. The molecular weight excluding hydrogens is 426 g/mol. The van der Waals surface area contributed by atoms with Crippen LogP contribution in [0.4, 0.5) is 5.69 Å². The fourth-order valence-electron chi connectivity index (χ4n) is 3.66. The summed E-state index contributed by atoms with van der Waals surface area (Å²) in [4.78, 5) is 27.2. The van der Waals surface area contributed by atoms with Crippen LogP contribution in [0.1, 0.15) is 16.1 Å². The number of alkyl halides is 1. The molecule has 160 valence electrons. The van der Waals surface area contributed by atoms with Gasteiger partial charge in [0.2, 0.25) is 5.75 Å². The first-order valence-corrected chi connectivity index (χ1v) is 9.67. The summed E-state index contributed by atoms with van der Waals surface area (Å²) in [7, 11) is 4.49. The van der Waals surface area contributed by atoms with Crippen LogP contribution in [0.2, 0.25) is 0 Å². The fourth-order valence-corrected chi connectivity index (χ4v) is 3.88. The topological polar surface area (TPSA) is 109 Å². The number of nitrogens with zero attached hydrogens (tertiary/aromatic N) is 2. The van der Waals surface area contributed by atoms with Crippen molar-refractivity contribution in [1.82, 2.24) is 9.55 Å². The Morgan fingerprint density at radius 1 is 1.13 bits per heavy atom. The average molecular weight is 444 g/mol. The molecule has 0 bridgehead atoms. The lowest BCUT2D eigenvalue weighted by Gasteiger charge is -2.12. The number of nitro benzene ring substituents is 1. The average Bonchev–Trinajstić information content (AvgIpc) is 3.37. The zero-order chi connectivity index (χ0) is 22.3. The fraction of sp³-hybridized carbons (Fsp3) is 0.190. The molecule has 4 rings (SSSR count). The molecule has 1 N–H and O–H groups in total. The highest BCUT2D eigenvalue weighted by molar-refractivity contribution is 6.18. The predicted molar refractivity (Wildman–Crippen MR) is 116 cm³/mol. The van der Waals surface area contributed by atoms with Crippen LogP contribution in [0.15, 0.2) is 36.5 Å². The van der Waals surface area contributed by atoms with E-state index < -0.39 is 10.8 Å². The van der Waals surface area contributed by atoms with Gasteiger partial charge in [0.25, 0.3) is 11.6 Å². The smallest absolute Gasteiger partial charge is 0.278 e. The summed E-state index contributed by atoms with van der Waals surface area (Å²) < 4.78 is 17.6. The van der Waals surface area contributed by atoms with Crippen LogP contribution in [0.5, 0.6) is 17.2 Å². The van der Waals surface area contributed by atoms with E-state index in [-0.39, 0.29) is 17.3 Å². The lowest BCUT2D eigenvalue weighted by molar-refractivity contribution is -0.384. The van der Waals surface area contributed by atoms with E-state index in [1.165, 1.54) is 38.0 Å². The molecular formula is C21H18ClN3O6. The maximum atomic E-state index is 13.4. The molecule has 2 aromatic carbocycles. The van der Waals surface area contributed by atoms with Crippen molar-refractivity contribution in [2.45, 2.75) is 5.88 Å². The molecule has 0 radical (unpaired) electrons. The molecule has 4 aromatic rings. The molecule has 10 heteroatoms. The van der Waals surface area contributed by atoms with Gasteiger partial charge in [-0.2, -0.15) is 0 Å². The number of fused-ring (bicyclic) bond motifs is 2. The maximum absolute atomic E-state index is 13.4. The molecule has 0 amide bonds. The molecule has 31 heavy (non-hydrogen) atoms. The van der Waals surface area contributed by atoms with E-state index in [4.69, 9.17) is 25.8 Å². The van der Waals surface area contributed by atoms with Crippen LogP contribution in [0.25, 0.3) is 21.8 Å². The van der Waals surface area contributed by atoms with Crippen molar-refractivity contribution in [3.05, 3.63) is 57.9 Å². The SMILES string of the molecule is COc1cc2cc(C(=O)n3cc(CCl)c4ccc([N+](=O)[O-])cc43)[nH]c2c(OC)c1OC. The third kappa shape index (κ3) is 3.23. The highest BCUT2D eigenvalue weighted by atomic mass is 35.5. The van der Waals surface area contributed by atoms with E-state index in [1.54, 1.807) is 24.4 Å². The Morgan fingerprint density at radius 2 is 1.87 bits per heavy atom. The number of rotatable bonds is 6. The first-order valence-electron chi connectivity index (χ1n) is 9.14. The molecule has 9 nitrogen and oxygen atoms in total. The monoisotopic (exact) mass is 443 g/mol. The molecule has 0 fully saturated rings. The number of halogens is 1. The lowest BCUT2D eigenvalue weighted by atomic mass is 10.2. The van der Waals surface area contributed by atoms with Crippen molar-refractivity contribution < 1.29 is 23.9 Å². The van der Waals surface area contributed by atoms with Gasteiger partial charge in [-0.25, -0.2) is 0 Å². The highest BCUT2D eigenvalue weighted by Gasteiger charge is 2.22. The van der Waals surface area contributed by atoms with Gasteiger partial charge in [0.1, 0.15) is 5.69 Å². The minimum atomic E-state index is -0.506. The van der Waals surface area contributed by atoms with Crippen LogP contribution < -0.4 is 14.2 Å². The lowest BCUT2D eigenvalue weighted by Crippen LogP contribution is -2.11. The quantitative estimate of drug-likeness (QED) is 0.267. The van der Waals surface area contributed by atoms with Crippen LogP contribution in [0, 0.1) is 10.1 Å². The van der Waals surface area contributed by atoms with E-state index in [0.717, 1.165) is 0 Å². The van der Waals surface area contributed by atoms with Crippen LogP contribution >= 0.6 is 11.6 Å². The normalized spacial score (nSPS) is 11.1. The summed E-state index contributed by atoms with van der Waals surface area (Å²) in [6.07, 6.45) is 1.59. The number of H-pyrrole nitrogens is 1. The number of nitrogens with one attached hydrogen (secondary N) is 1. The standard InChI is InChI=1S/C21H18ClN3O6/c1-29-17-7-11-6-15(23-18(11)20(31-3)19(17)30-2)21(26)24-10-12(9-22)14-5-4-13(25(27)28)8-16(14)24/h4-8,10,23H,9H2,1-3H3. The number of carbonyl (C=O) groups excluding carboxylic acids is 1. The minimum absolute atomic E-state index is 0.117. The molecule has 0 saturated carbocycles. The molecule has 0 aliphatic heterocycles. The van der Waals surface area contributed by atoms with Gasteiger partial charge >= 0.3 is 0 Å². The van der Waals surface area contributed by atoms with Crippen molar-refractivity contribution in [2.75, 3.05) is 21.3 Å². The van der Waals surface area contributed by atoms with E-state index >= 15 is 0 Å². The van der Waals surface area contributed by atoms with Gasteiger partial charge in [0, 0.05) is 35.0 Å². The van der Waals surface area contributed by atoms with Crippen LogP contribution in [-0.4, -0.2) is 41.7 Å². The molecule has 0 spiro atoms. The molecule has 2 heterocycles. The van der Waals surface area contributed by atoms with Gasteiger partial charge in [-0.05, 0) is 23.8 Å². The maximum Gasteiger partial charge on any atom is 0.278 e. The summed E-state index contributed by atoms with van der Waals surface area (Å²) in [6.45, 7) is 0. The Hall–Kier alpha value is -3.72. The number of ether oxygens (including phenoxy) is 3. The van der Waals surface area contributed by atoms with Crippen molar-refractivity contribution in [2.24, 2.45) is 0 Å². The Balaban J connectivity index is 1.91. The predicted octanol–water partition coefficient (Wildman–Crippen LogP) is 4.48. The van der Waals surface area contributed by atoms with E-state index in [1.807, 2.05) is 0 Å². The van der Waals surface area contributed by atoms with Crippen LogP contribution in [-0.2, 0) is 5.88 Å². The van der Waals surface area contributed by atoms with Gasteiger partial charge in [0.05, 0.1) is 37.3 Å². The first-order chi connectivity index (χ1) is 14.9. The zero-order valence-electron chi connectivity index (χ0n) is 16.9. The Bertz CT molecular complexity index is 1340. The number of hydrogen-bond donors (Lipinski definition) is 1. The molecule has 0 unspecified atom stereocenters. The first kappa shape index (κ1) is 20.5. The Labute approximate surface area is 181 Å². The second kappa shape index (κ2) is 7.84. The summed E-state index contributed by atoms with van der Waals surface area (Å²) in [5, 5.41) is 12.6. The largest absolute Gasteiger partial charge is 0.493 e. The Kier molecular flexibility index (Phi) is 5.20. The highest BCUT2D eigenvalue weighted by Crippen LogP contribution is 2.43. The van der Waals surface area contributed by atoms with E-state index in [9.17, 15) is 14.9 Å². The van der Waals surface area contributed by atoms with E-state index in [0.29, 0.717) is 44.6 Å². The van der Waals surface area contributed by atoms with E-state index in [2.05, 4.69) is 4.98 Å². The molecule has 0 atom stereocenters. The van der Waals surface area contributed by atoms with Gasteiger partial charge < -0.3 is 19.2 Å². The number of benzene rings is 2. The zero-order valence-corrected chi connectivity index (χ0v) is 17.6. The second-order valence-electron chi connectivity index (χ2n) is 6.71. The van der Waals surface area contributed by atoms with Gasteiger partial charge in [-0.1, -0.05) is 0 Å². The summed E-state index contributed by atoms with van der Waals surface area (Å²) in [5.41, 5.74) is 1.79. The molecule has 0 saturated heterocycles. The van der Waals surface area contributed by atoms with Crippen molar-refractivity contribution in [3.63, 3.8) is 0 Å². The van der Waals surface area contributed by atoms with Gasteiger partial charge in [-0.15, -0.1) is 11.6 Å². The van der Waals surface area contributed by atoms with Gasteiger partial charge in [-0.3, -0.25) is 19.5 Å². The third-order valence-electron chi connectivity index (χ3n) is 5.10. The third-order valence-corrected chi connectivity index (χ3v) is 5.38. The minimum Gasteiger partial charge on any atom is -0.493 e. The second-order valence-corrected chi connectivity index (χ2v) is 6.98. The van der Waals surface area contributed by atoms with Crippen molar-refractivity contribution in [3.8, 4) is 17.2 Å². The number of methoxy groups -OCH3 is 3. The number of non-ortho nitro benzene ring substituents is 1. The molecule has 0 aliphatic rings. The van der Waals surface area contributed by atoms with Gasteiger partial charge in [0.15, 0.2) is 11.5 Å². The Morgan fingerprint density at radius 3 is 2.48 bits per heavy atom. The molecule has 2 aromatic heterocycles. The summed E-state index contributed by atoms with van der Waals surface area (Å²) in [5.74, 6) is 0.994. The molecule has 0 aliphatic carbocycles. The van der Waals surface area contributed by atoms with Crippen molar-refractivity contribution in [1.29, 1.82) is 0 Å². The summed E-state index contributed by atoms with van der Waals surface area (Å²) in [6, 6.07) is 7.73. The van der Waals surface area contributed by atoms with Crippen molar-refractivity contribution >= 4 is 45.0 Å². The number of aromatic amines is 1. The number of aromatic nitrogens is 2. The van der Waals surface area contributed by atoms with Crippen LogP contribution in [0.3, 0.4) is 0 Å². The summed E-state index contributed by atoms with van der Waals surface area (Å²) >= 11 is 6.03.